The molecule has 0 unspecified atom stereocenters. The van der Waals surface area contributed by atoms with Crippen molar-refractivity contribution in [2.24, 2.45) is 5.92 Å². The Morgan fingerprint density at radius 2 is 1.50 bits per heavy atom. The van der Waals surface area contributed by atoms with Gasteiger partial charge in [-0.2, -0.15) is 0 Å². The van der Waals surface area contributed by atoms with E-state index in [0.29, 0.717) is 24.4 Å². The monoisotopic (exact) mass is 427 g/mol. The number of nitrogens with one attached hydrogen (secondary N) is 1. The molecule has 3 aromatic carbocycles. The smallest absolute Gasteiger partial charge is 0.411 e. The molecule has 0 heterocycles. The molecule has 0 spiro atoms. The summed E-state index contributed by atoms with van der Waals surface area (Å²) >= 11 is 0. The lowest BCUT2D eigenvalue weighted by molar-refractivity contribution is -0.149. The van der Waals surface area contributed by atoms with Crippen molar-refractivity contribution in [2.75, 3.05) is 11.9 Å². The lowest BCUT2D eigenvalue weighted by Gasteiger charge is -2.43. The summed E-state index contributed by atoms with van der Waals surface area (Å²) in [5.41, 5.74) is 5.26. The number of rotatable bonds is 5. The third-order valence-corrected chi connectivity index (χ3v) is 6.83. The normalized spacial score (nSPS) is 21.2. The van der Waals surface area contributed by atoms with Gasteiger partial charge < -0.3 is 9.84 Å². The minimum atomic E-state index is -0.804. The summed E-state index contributed by atoms with van der Waals surface area (Å²) in [6, 6.07) is 23.5. The molecule has 32 heavy (non-hydrogen) atoms. The number of hydrogen-bond acceptors (Lipinski definition) is 3. The number of hydrogen-bond donors (Lipinski definition) is 2. The standard InChI is InChI=1S/C27H25NO4/c1-17-14-27(15-17,25(29)30)18-10-12-19(13-11-18)28-26(31)32-16-24-22-8-4-2-6-20(22)21-7-3-5-9-23(21)24/h2-13,17,24H,14-16H2,1H3,(H,28,31)(H,29,30). The number of carbonyl (C=O) groups is 2. The Kier molecular flexibility index (Phi) is 4.97. The van der Waals surface area contributed by atoms with E-state index in [0.717, 1.165) is 5.56 Å². The summed E-state index contributed by atoms with van der Waals surface area (Å²) in [7, 11) is 0. The van der Waals surface area contributed by atoms with E-state index in [9.17, 15) is 14.7 Å². The Morgan fingerprint density at radius 3 is 2.03 bits per heavy atom. The number of benzene rings is 3. The van der Waals surface area contributed by atoms with Crippen LogP contribution < -0.4 is 5.32 Å². The van der Waals surface area contributed by atoms with Crippen LogP contribution in [0.25, 0.3) is 11.1 Å². The van der Waals surface area contributed by atoms with Gasteiger partial charge in [0.2, 0.25) is 0 Å². The van der Waals surface area contributed by atoms with E-state index in [1.165, 1.54) is 22.3 Å². The molecule has 0 aromatic heterocycles. The summed E-state index contributed by atoms with van der Waals surface area (Å²) in [5, 5.41) is 12.5. The first-order valence-corrected chi connectivity index (χ1v) is 10.9. The van der Waals surface area contributed by atoms with Crippen molar-refractivity contribution in [1.29, 1.82) is 0 Å². The van der Waals surface area contributed by atoms with Gasteiger partial charge in [-0.25, -0.2) is 4.79 Å². The van der Waals surface area contributed by atoms with Crippen LogP contribution in [0.1, 0.15) is 42.4 Å². The van der Waals surface area contributed by atoms with Gasteiger partial charge in [-0.1, -0.05) is 67.6 Å². The summed E-state index contributed by atoms with van der Waals surface area (Å²) in [6.45, 7) is 2.31. The van der Waals surface area contributed by atoms with Crippen molar-refractivity contribution in [3.8, 4) is 11.1 Å². The molecule has 5 rings (SSSR count). The Labute approximate surface area is 187 Å². The van der Waals surface area contributed by atoms with Gasteiger partial charge in [-0.15, -0.1) is 0 Å². The van der Waals surface area contributed by atoms with Crippen LogP contribution in [0.5, 0.6) is 0 Å². The number of anilines is 1. The molecule has 1 amide bonds. The van der Waals surface area contributed by atoms with Crippen molar-refractivity contribution >= 4 is 17.7 Å². The van der Waals surface area contributed by atoms with Crippen LogP contribution in [-0.4, -0.2) is 23.8 Å². The van der Waals surface area contributed by atoms with E-state index in [1.54, 1.807) is 24.3 Å². The minimum Gasteiger partial charge on any atom is -0.481 e. The topological polar surface area (TPSA) is 75.6 Å². The SMILES string of the molecule is CC1CC(C(=O)O)(c2ccc(NC(=O)OCC3c4ccccc4-c4ccccc43)cc2)C1. The number of amides is 1. The highest BCUT2D eigenvalue weighted by atomic mass is 16.5. The molecular formula is C27H25NO4. The highest BCUT2D eigenvalue weighted by Gasteiger charge is 2.49. The fraction of sp³-hybridized carbons (Fsp3) is 0.259. The first-order chi connectivity index (χ1) is 15.5. The van der Waals surface area contributed by atoms with Crippen LogP contribution >= 0.6 is 0 Å². The highest BCUT2D eigenvalue weighted by molar-refractivity contribution is 5.86. The second kappa shape index (κ2) is 7.83. The van der Waals surface area contributed by atoms with E-state index in [-0.39, 0.29) is 12.5 Å². The summed E-state index contributed by atoms with van der Waals surface area (Å²) in [5.74, 6) is -0.371. The number of ether oxygens (including phenoxy) is 1. The van der Waals surface area contributed by atoms with Crippen molar-refractivity contribution in [1.82, 2.24) is 0 Å². The summed E-state index contributed by atoms with van der Waals surface area (Å²) in [6.07, 6.45) is 0.757. The molecule has 1 fully saturated rings. The molecule has 1 saturated carbocycles. The van der Waals surface area contributed by atoms with Gasteiger partial charge in [-0.05, 0) is 58.7 Å². The second-order valence-corrected chi connectivity index (χ2v) is 8.93. The number of fused-ring (bicyclic) bond motifs is 3. The van der Waals surface area contributed by atoms with Crippen LogP contribution in [0.3, 0.4) is 0 Å². The predicted molar refractivity (Wildman–Crippen MR) is 123 cm³/mol. The zero-order valence-electron chi connectivity index (χ0n) is 17.9. The van der Waals surface area contributed by atoms with Crippen LogP contribution in [0.2, 0.25) is 0 Å². The molecular weight excluding hydrogens is 402 g/mol. The fourth-order valence-electron chi connectivity index (χ4n) is 5.29. The average molecular weight is 428 g/mol. The zero-order valence-corrected chi connectivity index (χ0v) is 17.9. The number of carboxylic acid groups (broad SMARTS) is 1. The number of carbonyl (C=O) groups excluding carboxylic acids is 1. The lowest BCUT2D eigenvalue weighted by Crippen LogP contribution is -2.46. The van der Waals surface area contributed by atoms with Crippen LogP contribution in [0.15, 0.2) is 72.8 Å². The van der Waals surface area contributed by atoms with Gasteiger partial charge in [0.1, 0.15) is 6.61 Å². The van der Waals surface area contributed by atoms with Crippen molar-refractivity contribution in [2.45, 2.75) is 31.1 Å². The van der Waals surface area contributed by atoms with Crippen molar-refractivity contribution in [3.63, 3.8) is 0 Å². The largest absolute Gasteiger partial charge is 0.481 e. The van der Waals surface area contributed by atoms with E-state index in [2.05, 4.69) is 36.5 Å². The van der Waals surface area contributed by atoms with E-state index >= 15 is 0 Å². The first kappa shape index (κ1) is 20.3. The molecule has 0 aliphatic heterocycles. The molecule has 162 valence electrons. The lowest BCUT2D eigenvalue weighted by atomic mass is 9.59. The van der Waals surface area contributed by atoms with Crippen molar-refractivity contribution in [3.05, 3.63) is 89.5 Å². The fourth-order valence-corrected chi connectivity index (χ4v) is 5.29. The predicted octanol–water partition coefficient (Wildman–Crippen LogP) is 5.80. The Balaban J connectivity index is 1.25. The summed E-state index contributed by atoms with van der Waals surface area (Å²) < 4.78 is 5.58. The van der Waals surface area contributed by atoms with Crippen LogP contribution in [-0.2, 0) is 14.9 Å². The third-order valence-electron chi connectivity index (χ3n) is 6.83. The average Bonchev–Trinajstić information content (AvgIpc) is 3.09. The molecule has 2 aliphatic carbocycles. The van der Waals surface area contributed by atoms with E-state index < -0.39 is 17.5 Å². The van der Waals surface area contributed by atoms with E-state index in [1.807, 2.05) is 24.3 Å². The van der Waals surface area contributed by atoms with Crippen molar-refractivity contribution < 1.29 is 19.4 Å². The third kappa shape index (κ3) is 3.34. The molecule has 0 radical (unpaired) electrons. The van der Waals surface area contributed by atoms with Gasteiger partial charge in [0, 0.05) is 11.6 Å². The van der Waals surface area contributed by atoms with Crippen LogP contribution in [0.4, 0.5) is 10.5 Å². The molecule has 2 N–H and O–H groups in total. The zero-order chi connectivity index (χ0) is 22.3. The van der Waals surface area contributed by atoms with Gasteiger partial charge in [0.25, 0.3) is 0 Å². The van der Waals surface area contributed by atoms with Crippen LogP contribution in [0, 0.1) is 5.92 Å². The molecule has 0 atom stereocenters. The van der Waals surface area contributed by atoms with Gasteiger partial charge in [-0.3, -0.25) is 10.1 Å². The number of carboxylic acids is 1. The second-order valence-electron chi connectivity index (χ2n) is 8.93. The molecule has 2 aliphatic rings. The number of aliphatic carboxylic acids is 1. The molecule has 0 bridgehead atoms. The Hall–Kier alpha value is -3.60. The highest BCUT2D eigenvalue weighted by Crippen LogP contribution is 2.48. The quantitative estimate of drug-likeness (QED) is 0.540. The first-order valence-electron chi connectivity index (χ1n) is 10.9. The maximum Gasteiger partial charge on any atom is 0.411 e. The van der Waals surface area contributed by atoms with Gasteiger partial charge in [0.15, 0.2) is 0 Å². The molecule has 5 heteroatoms. The molecule has 3 aromatic rings. The molecule has 0 saturated heterocycles. The summed E-state index contributed by atoms with van der Waals surface area (Å²) in [4.78, 5) is 24.3. The molecule has 5 nitrogen and oxygen atoms in total. The van der Waals surface area contributed by atoms with Gasteiger partial charge in [0.05, 0.1) is 5.41 Å². The Morgan fingerprint density at radius 1 is 0.938 bits per heavy atom. The maximum atomic E-state index is 12.5. The Bertz CT molecular complexity index is 1130. The maximum absolute atomic E-state index is 12.5. The van der Waals surface area contributed by atoms with E-state index in [4.69, 9.17) is 4.74 Å². The van der Waals surface area contributed by atoms with Gasteiger partial charge >= 0.3 is 12.1 Å². The minimum absolute atomic E-state index is 0.00607.